The molecule has 1 aliphatic heterocycles. The van der Waals surface area contributed by atoms with Crippen molar-refractivity contribution in [2.75, 3.05) is 11.5 Å². The average molecular weight is 312 g/mol. The second-order valence-electron chi connectivity index (χ2n) is 6.51. The van der Waals surface area contributed by atoms with Crippen molar-refractivity contribution in [1.82, 2.24) is 9.78 Å². The fourth-order valence-electron chi connectivity index (χ4n) is 3.54. The third-order valence-corrected chi connectivity index (χ3v) is 6.64. The third kappa shape index (κ3) is 3.66. The van der Waals surface area contributed by atoms with Gasteiger partial charge >= 0.3 is 0 Å². The molecule has 6 heteroatoms. The van der Waals surface area contributed by atoms with E-state index in [1.54, 1.807) is 0 Å². The lowest BCUT2D eigenvalue weighted by Crippen LogP contribution is -2.24. The smallest absolute Gasteiger partial charge is 0.150 e. The van der Waals surface area contributed by atoms with Gasteiger partial charge in [0.05, 0.1) is 29.3 Å². The summed E-state index contributed by atoms with van der Waals surface area (Å²) in [6, 6.07) is 2.46. The Balaban J connectivity index is 1.59. The molecule has 2 unspecified atom stereocenters. The summed E-state index contributed by atoms with van der Waals surface area (Å²) in [6.07, 6.45) is 8.66. The van der Waals surface area contributed by atoms with E-state index in [0.717, 1.165) is 5.69 Å². The molecular formula is C15H24N2O3S. The number of nitrogens with zero attached hydrogens (tertiary/aromatic N) is 2. The Bertz CT molecular complexity index is 575. The van der Waals surface area contributed by atoms with Crippen molar-refractivity contribution in [2.45, 2.75) is 57.1 Å². The van der Waals surface area contributed by atoms with Crippen molar-refractivity contribution in [3.8, 4) is 0 Å². The summed E-state index contributed by atoms with van der Waals surface area (Å²) < 4.78 is 25.0. The fraction of sp³-hybridized carbons (Fsp3) is 0.800. The number of aliphatic hydroxyl groups excluding tert-OH is 1. The topological polar surface area (TPSA) is 72.2 Å². The van der Waals surface area contributed by atoms with Gasteiger partial charge in [-0.3, -0.25) is 4.68 Å². The predicted octanol–water partition coefficient (Wildman–Crippen LogP) is 1.73. The number of aliphatic hydroxyl groups is 1. The van der Waals surface area contributed by atoms with Crippen LogP contribution in [0.2, 0.25) is 0 Å². The van der Waals surface area contributed by atoms with Gasteiger partial charge in [-0.15, -0.1) is 0 Å². The van der Waals surface area contributed by atoms with Crippen LogP contribution in [-0.4, -0.2) is 40.9 Å². The molecule has 2 heterocycles. The van der Waals surface area contributed by atoms with E-state index in [-0.39, 0.29) is 17.4 Å². The highest BCUT2D eigenvalue weighted by atomic mass is 32.2. The summed E-state index contributed by atoms with van der Waals surface area (Å²) in [6.45, 7) is 0. The lowest BCUT2D eigenvalue weighted by atomic mass is 9.96. The van der Waals surface area contributed by atoms with Gasteiger partial charge in [-0.05, 0) is 25.3 Å². The minimum absolute atomic E-state index is 0.123. The quantitative estimate of drug-likeness (QED) is 0.919. The SMILES string of the molecule is O=S1(=O)CCC(C(O)Cc2ccn(C3CCCCC3)n2)C1. The zero-order valence-corrected chi connectivity index (χ0v) is 13.1. The van der Waals surface area contributed by atoms with Crippen molar-refractivity contribution in [1.29, 1.82) is 0 Å². The van der Waals surface area contributed by atoms with E-state index in [2.05, 4.69) is 5.10 Å². The number of sulfone groups is 1. The van der Waals surface area contributed by atoms with Crippen molar-refractivity contribution >= 4 is 9.84 Å². The van der Waals surface area contributed by atoms with Gasteiger partial charge in [-0.1, -0.05) is 19.3 Å². The normalized spacial score (nSPS) is 27.8. The summed E-state index contributed by atoms with van der Waals surface area (Å²) in [7, 11) is -2.93. The molecule has 1 aromatic rings. The number of hydrogen-bond donors (Lipinski definition) is 1. The Morgan fingerprint density at radius 3 is 2.71 bits per heavy atom. The lowest BCUT2D eigenvalue weighted by molar-refractivity contribution is 0.118. The van der Waals surface area contributed by atoms with Gasteiger partial charge < -0.3 is 5.11 Å². The van der Waals surface area contributed by atoms with E-state index in [1.165, 1.54) is 32.1 Å². The molecule has 1 N–H and O–H groups in total. The van der Waals surface area contributed by atoms with Crippen molar-refractivity contribution < 1.29 is 13.5 Å². The zero-order valence-electron chi connectivity index (χ0n) is 12.3. The molecule has 118 valence electrons. The monoisotopic (exact) mass is 312 g/mol. The van der Waals surface area contributed by atoms with Gasteiger partial charge in [-0.25, -0.2) is 8.42 Å². The van der Waals surface area contributed by atoms with E-state index < -0.39 is 15.9 Å². The molecule has 2 aliphatic rings. The van der Waals surface area contributed by atoms with Crippen molar-refractivity contribution in [3.05, 3.63) is 18.0 Å². The highest BCUT2D eigenvalue weighted by molar-refractivity contribution is 7.91. The second-order valence-corrected chi connectivity index (χ2v) is 8.74. The Kier molecular flexibility index (Phi) is 4.36. The van der Waals surface area contributed by atoms with Crippen LogP contribution in [0.4, 0.5) is 0 Å². The van der Waals surface area contributed by atoms with Gasteiger partial charge in [0.1, 0.15) is 0 Å². The molecule has 1 saturated carbocycles. The molecule has 21 heavy (non-hydrogen) atoms. The van der Waals surface area contributed by atoms with Gasteiger partial charge in [-0.2, -0.15) is 5.10 Å². The standard InChI is InChI=1S/C15H24N2O3S/c18-15(12-7-9-21(19,20)11-12)10-13-6-8-17(16-13)14-4-2-1-3-5-14/h6,8,12,14-15,18H,1-5,7,9-11H2. The Morgan fingerprint density at radius 1 is 1.29 bits per heavy atom. The molecule has 0 aromatic carbocycles. The second kappa shape index (κ2) is 6.08. The summed E-state index contributed by atoms with van der Waals surface area (Å²) in [5.41, 5.74) is 0.873. The van der Waals surface area contributed by atoms with E-state index in [1.807, 2.05) is 16.9 Å². The first-order valence-electron chi connectivity index (χ1n) is 7.96. The molecule has 0 radical (unpaired) electrons. The van der Waals surface area contributed by atoms with Crippen LogP contribution in [0.1, 0.15) is 50.3 Å². The fourth-order valence-corrected chi connectivity index (χ4v) is 5.41. The molecule has 2 fully saturated rings. The maximum absolute atomic E-state index is 11.5. The van der Waals surface area contributed by atoms with E-state index in [9.17, 15) is 13.5 Å². The highest BCUT2D eigenvalue weighted by Crippen LogP contribution is 2.28. The lowest BCUT2D eigenvalue weighted by Gasteiger charge is -2.22. The Hall–Kier alpha value is -0.880. The summed E-state index contributed by atoms with van der Waals surface area (Å²) in [5.74, 6) is 0.206. The van der Waals surface area contributed by atoms with Crippen LogP contribution in [0.15, 0.2) is 12.3 Å². The highest BCUT2D eigenvalue weighted by Gasteiger charge is 2.33. The van der Waals surface area contributed by atoms with E-state index in [4.69, 9.17) is 0 Å². The summed E-state index contributed by atoms with van der Waals surface area (Å²) >= 11 is 0. The van der Waals surface area contributed by atoms with Crippen LogP contribution in [0.3, 0.4) is 0 Å². The van der Waals surface area contributed by atoms with Gasteiger partial charge in [0.15, 0.2) is 9.84 Å². The number of hydrogen-bond acceptors (Lipinski definition) is 4. The van der Waals surface area contributed by atoms with Crippen LogP contribution in [0.25, 0.3) is 0 Å². The molecule has 2 atom stereocenters. The van der Waals surface area contributed by atoms with Crippen LogP contribution in [-0.2, 0) is 16.3 Å². The van der Waals surface area contributed by atoms with Gasteiger partial charge in [0, 0.05) is 18.5 Å². The third-order valence-electron chi connectivity index (χ3n) is 4.84. The number of aromatic nitrogens is 2. The molecule has 1 saturated heterocycles. The van der Waals surface area contributed by atoms with Crippen LogP contribution >= 0.6 is 0 Å². The first-order valence-corrected chi connectivity index (χ1v) is 9.78. The maximum atomic E-state index is 11.5. The minimum Gasteiger partial charge on any atom is -0.392 e. The minimum atomic E-state index is -2.93. The molecule has 3 rings (SSSR count). The summed E-state index contributed by atoms with van der Waals surface area (Å²) in [4.78, 5) is 0. The van der Waals surface area contributed by atoms with Crippen LogP contribution < -0.4 is 0 Å². The maximum Gasteiger partial charge on any atom is 0.150 e. The first kappa shape index (κ1) is 15.0. The number of rotatable bonds is 4. The van der Waals surface area contributed by atoms with Crippen LogP contribution in [0, 0.1) is 5.92 Å². The van der Waals surface area contributed by atoms with E-state index in [0.29, 0.717) is 18.9 Å². The molecule has 1 aromatic heterocycles. The average Bonchev–Trinajstić information content (AvgIpc) is 3.06. The summed E-state index contributed by atoms with van der Waals surface area (Å²) in [5, 5.41) is 14.8. The Labute approximate surface area is 126 Å². The molecule has 0 spiro atoms. The van der Waals surface area contributed by atoms with Crippen molar-refractivity contribution in [3.63, 3.8) is 0 Å². The molecule has 0 amide bonds. The van der Waals surface area contributed by atoms with Crippen LogP contribution in [0.5, 0.6) is 0 Å². The molecule has 5 nitrogen and oxygen atoms in total. The zero-order chi connectivity index (χ0) is 14.9. The van der Waals surface area contributed by atoms with Crippen molar-refractivity contribution in [2.24, 2.45) is 5.92 Å². The van der Waals surface area contributed by atoms with Gasteiger partial charge in [0.25, 0.3) is 0 Å². The molecule has 1 aliphatic carbocycles. The Morgan fingerprint density at radius 2 is 2.05 bits per heavy atom. The van der Waals surface area contributed by atoms with Gasteiger partial charge in [0.2, 0.25) is 0 Å². The molecule has 0 bridgehead atoms. The largest absolute Gasteiger partial charge is 0.392 e. The van der Waals surface area contributed by atoms with E-state index >= 15 is 0 Å². The molecular weight excluding hydrogens is 288 g/mol. The first-order chi connectivity index (χ1) is 10.0. The predicted molar refractivity (Wildman–Crippen MR) is 80.8 cm³/mol.